The molecule has 32 heavy (non-hydrogen) atoms. The van der Waals surface area contributed by atoms with Crippen LogP contribution in [0, 0.1) is 0 Å². The van der Waals surface area contributed by atoms with Gasteiger partial charge < -0.3 is 19.1 Å². The second-order valence-corrected chi connectivity index (χ2v) is 8.68. The van der Waals surface area contributed by atoms with Gasteiger partial charge in [0.05, 0.1) is 24.7 Å². The molecule has 2 unspecified atom stereocenters. The third kappa shape index (κ3) is 4.90. The van der Waals surface area contributed by atoms with Gasteiger partial charge in [-0.15, -0.1) is 0 Å². The number of carbonyl (C=O) groups is 1. The Balaban J connectivity index is 1.59. The second kappa shape index (κ2) is 9.09. The smallest absolute Gasteiger partial charge is 0.378 e. The van der Waals surface area contributed by atoms with E-state index in [0.29, 0.717) is 57.5 Å². The van der Waals surface area contributed by atoms with Crippen molar-refractivity contribution in [3.8, 4) is 0 Å². The minimum absolute atomic E-state index is 0.0986. The first kappa shape index (κ1) is 22.6. The van der Waals surface area contributed by atoms with Gasteiger partial charge in [0.15, 0.2) is 5.82 Å². The highest BCUT2D eigenvalue weighted by atomic mass is 19.4. The third-order valence-electron chi connectivity index (χ3n) is 6.04. The van der Waals surface area contributed by atoms with E-state index < -0.39 is 11.7 Å². The van der Waals surface area contributed by atoms with Crippen LogP contribution in [0.4, 0.5) is 18.0 Å². The quantitative estimate of drug-likeness (QED) is 0.697. The number of halogens is 3. The van der Waals surface area contributed by atoms with Gasteiger partial charge in [-0.25, -0.2) is 4.79 Å². The molecule has 2 aliphatic rings. The number of hydrogen-bond donors (Lipinski definition) is 0. The first-order valence-corrected chi connectivity index (χ1v) is 10.8. The standard InChI is InChI=1S/C22H27F3N4O3/c1-14(2)19-26-20(32-27-19)17-11-16(15-3-5-18(6-4-15)22(23,24)25)12-29(13-17)21(30)28-7-9-31-10-8-28/h3-6,14,16-17H,7-13H2,1-2H3. The molecule has 1 aromatic carbocycles. The lowest BCUT2D eigenvalue weighted by Crippen LogP contribution is -2.52. The Morgan fingerprint density at radius 1 is 1.06 bits per heavy atom. The minimum Gasteiger partial charge on any atom is -0.378 e. The number of rotatable bonds is 3. The van der Waals surface area contributed by atoms with Crippen LogP contribution in [0.1, 0.15) is 60.9 Å². The van der Waals surface area contributed by atoms with Crippen molar-refractivity contribution in [1.29, 1.82) is 0 Å². The third-order valence-corrected chi connectivity index (χ3v) is 6.04. The summed E-state index contributed by atoms with van der Waals surface area (Å²) in [5.41, 5.74) is 0.0689. The molecule has 3 heterocycles. The molecule has 2 aliphatic heterocycles. The summed E-state index contributed by atoms with van der Waals surface area (Å²) < 4.78 is 49.8. The summed E-state index contributed by atoms with van der Waals surface area (Å²) in [5, 5.41) is 4.05. The van der Waals surface area contributed by atoms with E-state index in [1.54, 1.807) is 9.80 Å². The molecule has 1 aromatic heterocycles. The molecule has 0 N–H and O–H groups in total. The van der Waals surface area contributed by atoms with Gasteiger partial charge >= 0.3 is 12.2 Å². The van der Waals surface area contributed by atoms with E-state index in [-0.39, 0.29) is 23.8 Å². The van der Waals surface area contributed by atoms with E-state index in [1.165, 1.54) is 12.1 Å². The van der Waals surface area contributed by atoms with Crippen LogP contribution in [0.15, 0.2) is 28.8 Å². The largest absolute Gasteiger partial charge is 0.416 e. The Labute approximate surface area is 184 Å². The fourth-order valence-electron chi connectivity index (χ4n) is 4.22. The van der Waals surface area contributed by atoms with E-state index >= 15 is 0 Å². The molecule has 0 bridgehead atoms. The van der Waals surface area contributed by atoms with Crippen molar-refractivity contribution in [2.75, 3.05) is 39.4 Å². The summed E-state index contributed by atoms with van der Waals surface area (Å²) in [7, 11) is 0. The number of hydrogen-bond acceptors (Lipinski definition) is 5. The Bertz CT molecular complexity index is 923. The van der Waals surface area contributed by atoms with E-state index in [0.717, 1.165) is 17.7 Å². The summed E-state index contributed by atoms with van der Waals surface area (Å²) in [4.78, 5) is 21.2. The molecule has 0 radical (unpaired) electrons. The number of nitrogens with zero attached hydrogens (tertiary/aromatic N) is 4. The number of urea groups is 1. The molecular weight excluding hydrogens is 425 g/mol. The Kier molecular flexibility index (Phi) is 6.41. The van der Waals surface area contributed by atoms with Crippen LogP contribution >= 0.6 is 0 Å². The molecule has 10 heteroatoms. The maximum Gasteiger partial charge on any atom is 0.416 e. The van der Waals surface area contributed by atoms with Crippen LogP contribution in [0.3, 0.4) is 0 Å². The zero-order valence-electron chi connectivity index (χ0n) is 18.1. The first-order chi connectivity index (χ1) is 15.2. The minimum atomic E-state index is -4.39. The van der Waals surface area contributed by atoms with Crippen molar-refractivity contribution < 1.29 is 27.2 Å². The number of amides is 2. The molecule has 2 atom stereocenters. The van der Waals surface area contributed by atoms with Crippen LogP contribution in [0.2, 0.25) is 0 Å². The monoisotopic (exact) mass is 452 g/mol. The summed E-state index contributed by atoms with van der Waals surface area (Å²) in [6.07, 6.45) is -3.78. The van der Waals surface area contributed by atoms with Gasteiger partial charge in [-0.05, 0) is 24.1 Å². The number of benzene rings is 1. The maximum atomic E-state index is 13.2. The van der Waals surface area contributed by atoms with Crippen LogP contribution in [0.5, 0.6) is 0 Å². The predicted octanol–water partition coefficient (Wildman–Crippen LogP) is 4.24. The van der Waals surface area contributed by atoms with Crippen LogP contribution in [0.25, 0.3) is 0 Å². The van der Waals surface area contributed by atoms with Crippen LogP contribution in [-0.2, 0) is 10.9 Å². The van der Waals surface area contributed by atoms with Crippen molar-refractivity contribution in [3.63, 3.8) is 0 Å². The summed E-state index contributed by atoms with van der Waals surface area (Å²) in [6, 6.07) is 5.09. The predicted molar refractivity (Wildman–Crippen MR) is 109 cm³/mol. The van der Waals surface area contributed by atoms with Crippen molar-refractivity contribution in [2.45, 2.75) is 44.2 Å². The molecule has 2 aromatic rings. The van der Waals surface area contributed by atoms with Gasteiger partial charge in [-0.2, -0.15) is 18.2 Å². The lowest BCUT2D eigenvalue weighted by Gasteiger charge is -2.40. The van der Waals surface area contributed by atoms with E-state index in [4.69, 9.17) is 9.26 Å². The number of morpholine rings is 1. The Hall–Kier alpha value is -2.62. The number of piperidine rings is 1. The van der Waals surface area contributed by atoms with Gasteiger partial charge in [0, 0.05) is 38.0 Å². The fraction of sp³-hybridized carbons (Fsp3) is 0.591. The number of alkyl halides is 3. The van der Waals surface area contributed by atoms with Crippen molar-refractivity contribution in [2.24, 2.45) is 0 Å². The van der Waals surface area contributed by atoms with E-state index in [1.807, 2.05) is 13.8 Å². The van der Waals surface area contributed by atoms with E-state index in [9.17, 15) is 18.0 Å². The molecule has 2 saturated heterocycles. The molecule has 0 spiro atoms. The Morgan fingerprint density at radius 2 is 1.72 bits per heavy atom. The van der Waals surface area contributed by atoms with E-state index in [2.05, 4.69) is 10.1 Å². The zero-order chi connectivity index (χ0) is 22.9. The topological polar surface area (TPSA) is 71.7 Å². The Morgan fingerprint density at radius 3 is 2.31 bits per heavy atom. The second-order valence-electron chi connectivity index (χ2n) is 8.68. The molecule has 0 saturated carbocycles. The molecule has 2 amide bonds. The number of aromatic nitrogens is 2. The SMILES string of the molecule is CC(C)c1noc(C2CC(c3ccc(C(F)(F)F)cc3)CN(C(=O)N3CCOCC3)C2)n1. The lowest BCUT2D eigenvalue weighted by atomic mass is 9.84. The van der Waals surface area contributed by atoms with Crippen molar-refractivity contribution in [1.82, 2.24) is 19.9 Å². The van der Waals surface area contributed by atoms with Crippen LogP contribution in [-0.4, -0.2) is 65.4 Å². The number of likely N-dealkylation sites (tertiary alicyclic amines) is 1. The molecule has 7 nitrogen and oxygen atoms in total. The fourth-order valence-corrected chi connectivity index (χ4v) is 4.22. The highest BCUT2D eigenvalue weighted by Gasteiger charge is 2.37. The normalized spacial score (nSPS) is 22.4. The van der Waals surface area contributed by atoms with Gasteiger partial charge in [-0.3, -0.25) is 0 Å². The molecule has 0 aliphatic carbocycles. The highest BCUT2D eigenvalue weighted by Crippen LogP contribution is 2.37. The van der Waals surface area contributed by atoms with Crippen LogP contribution < -0.4 is 0 Å². The van der Waals surface area contributed by atoms with Crippen molar-refractivity contribution in [3.05, 3.63) is 47.1 Å². The average molecular weight is 452 g/mol. The summed E-state index contributed by atoms with van der Waals surface area (Å²) in [5.74, 6) is 0.831. The lowest BCUT2D eigenvalue weighted by molar-refractivity contribution is -0.137. The molecule has 4 rings (SSSR count). The van der Waals surface area contributed by atoms with Gasteiger partial charge in [0.25, 0.3) is 0 Å². The number of carbonyl (C=O) groups excluding carboxylic acids is 1. The first-order valence-electron chi connectivity index (χ1n) is 10.8. The number of ether oxygens (including phenoxy) is 1. The average Bonchev–Trinajstić information content (AvgIpc) is 3.29. The van der Waals surface area contributed by atoms with Gasteiger partial charge in [-0.1, -0.05) is 31.1 Å². The zero-order valence-corrected chi connectivity index (χ0v) is 18.1. The summed E-state index contributed by atoms with van der Waals surface area (Å²) in [6.45, 7) is 6.80. The molecular formula is C22H27F3N4O3. The molecule has 2 fully saturated rings. The van der Waals surface area contributed by atoms with Crippen molar-refractivity contribution >= 4 is 6.03 Å². The molecule has 174 valence electrons. The van der Waals surface area contributed by atoms with Gasteiger partial charge in [0.1, 0.15) is 0 Å². The maximum absolute atomic E-state index is 13.2. The highest BCUT2D eigenvalue weighted by molar-refractivity contribution is 5.75. The van der Waals surface area contributed by atoms with Gasteiger partial charge in [0.2, 0.25) is 5.89 Å². The summed E-state index contributed by atoms with van der Waals surface area (Å²) >= 11 is 0.